The van der Waals surface area contributed by atoms with Gasteiger partial charge in [-0.1, -0.05) is 37.1 Å². The molecule has 0 saturated carbocycles. The Morgan fingerprint density at radius 2 is 2.12 bits per heavy atom. The predicted octanol–water partition coefficient (Wildman–Crippen LogP) is 5.24. The first-order valence-corrected chi connectivity index (χ1v) is 9.40. The smallest absolute Gasteiger partial charge is 0.119 e. The van der Waals surface area contributed by atoms with Gasteiger partial charge in [0.25, 0.3) is 0 Å². The van der Waals surface area contributed by atoms with Crippen LogP contribution >= 0.6 is 11.6 Å². The average Bonchev–Trinajstić information content (AvgIpc) is 3.00. The van der Waals surface area contributed by atoms with Gasteiger partial charge in [0.2, 0.25) is 0 Å². The SMILES string of the molecule is CCCCOc1cccc(C2NCCc3c2[nH]c2ccc(Cl)cc32)c1. The van der Waals surface area contributed by atoms with Gasteiger partial charge in [-0.15, -0.1) is 0 Å². The Morgan fingerprint density at radius 3 is 3.00 bits per heavy atom. The molecular formula is C21H23ClN2O. The summed E-state index contributed by atoms with van der Waals surface area (Å²) in [7, 11) is 0. The highest BCUT2D eigenvalue weighted by Crippen LogP contribution is 2.35. The maximum Gasteiger partial charge on any atom is 0.119 e. The summed E-state index contributed by atoms with van der Waals surface area (Å²) in [5, 5.41) is 5.67. The molecule has 2 aromatic carbocycles. The summed E-state index contributed by atoms with van der Waals surface area (Å²) in [6.45, 7) is 3.90. The zero-order valence-corrected chi connectivity index (χ0v) is 15.2. The minimum atomic E-state index is 0.157. The van der Waals surface area contributed by atoms with Crippen LogP contribution in [0.25, 0.3) is 10.9 Å². The molecule has 2 N–H and O–H groups in total. The molecule has 0 bridgehead atoms. The molecule has 1 aliphatic heterocycles. The van der Waals surface area contributed by atoms with Crippen LogP contribution in [0.15, 0.2) is 42.5 Å². The van der Waals surface area contributed by atoms with Crippen LogP contribution in [0.2, 0.25) is 5.02 Å². The Kier molecular flexibility index (Phi) is 4.69. The number of hydrogen-bond acceptors (Lipinski definition) is 2. The fourth-order valence-electron chi connectivity index (χ4n) is 3.60. The van der Waals surface area contributed by atoms with Crippen LogP contribution in [0.5, 0.6) is 5.75 Å². The van der Waals surface area contributed by atoms with Crippen LogP contribution in [0.4, 0.5) is 0 Å². The molecule has 25 heavy (non-hydrogen) atoms. The van der Waals surface area contributed by atoms with E-state index in [0.29, 0.717) is 0 Å². The Balaban J connectivity index is 1.69. The monoisotopic (exact) mass is 354 g/mol. The van der Waals surface area contributed by atoms with E-state index in [1.807, 2.05) is 12.1 Å². The molecule has 0 radical (unpaired) electrons. The van der Waals surface area contributed by atoms with Crippen molar-refractivity contribution in [3.8, 4) is 5.75 Å². The Labute approximate surface area is 153 Å². The first-order valence-electron chi connectivity index (χ1n) is 9.02. The highest BCUT2D eigenvalue weighted by Gasteiger charge is 2.25. The molecule has 1 aliphatic rings. The van der Waals surface area contributed by atoms with Crippen LogP contribution in [0, 0.1) is 0 Å². The van der Waals surface area contributed by atoms with Gasteiger partial charge in [-0.25, -0.2) is 0 Å². The highest BCUT2D eigenvalue weighted by atomic mass is 35.5. The van der Waals surface area contributed by atoms with Crippen LogP contribution in [0.1, 0.15) is 42.6 Å². The summed E-state index contributed by atoms with van der Waals surface area (Å²) in [5.74, 6) is 0.944. The summed E-state index contributed by atoms with van der Waals surface area (Å²) in [6.07, 6.45) is 3.24. The maximum absolute atomic E-state index is 6.21. The van der Waals surface area contributed by atoms with E-state index in [9.17, 15) is 0 Å². The Morgan fingerprint density at radius 1 is 1.20 bits per heavy atom. The number of ether oxygens (including phenoxy) is 1. The van der Waals surface area contributed by atoms with Gasteiger partial charge in [-0.05, 0) is 54.3 Å². The molecule has 0 amide bonds. The Bertz CT molecular complexity index is 887. The number of aromatic nitrogens is 1. The molecule has 1 aromatic heterocycles. The zero-order valence-electron chi connectivity index (χ0n) is 14.4. The van der Waals surface area contributed by atoms with Crippen molar-refractivity contribution in [3.05, 3.63) is 64.3 Å². The van der Waals surface area contributed by atoms with Crippen molar-refractivity contribution in [2.24, 2.45) is 0 Å². The fraction of sp³-hybridized carbons (Fsp3) is 0.333. The van der Waals surface area contributed by atoms with Gasteiger partial charge in [-0.3, -0.25) is 0 Å². The lowest BCUT2D eigenvalue weighted by Gasteiger charge is -2.25. The van der Waals surface area contributed by atoms with Gasteiger partial charge in [0.1, 0.15) is 5.75 Å². The third-order valence-corrected chi connectivity index (χ3v) is 5.11. The second kappa shape index (κ2) is 7.11. The van der Waals surface area contributed by atoms with Gasteiger partial charge in [0, 0.05) is 28.2 Å². The van der Waals surface area contributed by atoms with E-state index in [4.69, 9.17) is 16.3 Å². The van der Waals surface area contributed by atoms with E-state index in [1.54, 1.807) is 0 Å². The number of halogens is 1. The largest absolute Gasteiger partial charge is 0.494 e. The van der Waals surface area contributed by atoms with Gasteiger partial charge in [0.05, 0.1) is 12.6 Å². The normalized spacial score (nSPS) is 16.8. The molecule has 1 atom stereocenters. The third kappa shape index (κ3) is 3.26. The molecule has 3 aromatic rings. The molecular weight excluding hydrogens is 332 g/mol. The zero-order chi connectivity index (χ0) is 17.2. The van der Waals surface area contributed by atoms with Crippen molar-refractivity contribution < 1.29 is 4.74 Å². The number of unbranched alkanes of at least 4 members (excludes halogenated alkanes) is 1. The van der Waals surface area contributed by atoms with Crippen molar-refractivity contribution >= 4 is 22.5 Å². The number of H-pyrrole nitrogens is 1. The van der Waals surface area contributed by atoms with E-state index >= 15 is 0 Å². The molecule has 3 nitrogen and oxygen atoms in total. The highest BCUT2D eigenvalue weighted by molar-refractivity contribution is 6.31. The molecule has 1 unspecified atom stereocenters. The molecule has 4 rings (SSSR count). The van der Waals surface area contributed by atoms with Gasteiger partial charge >= 0.3 is 0 Å². The van der Waals surface area contributed by atoms with Gasteiger partial charge in [-0.2, -0.15) is 0 Å². The van der Waals surface area contributed by atoms with Crippen molar-refractivity contribution in [2.75, 3.05) is 13.2 Å². The van der Waals surface area contributed by atoms with E-state index in [0.717, 1.165) is 48.7 Å². The van der Waals surface area contributed by atoms with Crippen molar-refractivity contribution in [1.82, 2.24) is 10.3 Å². The number of aromatic amines is 1. The molecule has 0 aliphatic carbocycles. The van der Waals surface area contributed by atoms with Crippen molar-refractivity contribution in [2.45, 2.75) is 32.2 Å². The molecule has 0 spiro atoms. The average molecular weight is 355 g/mol. The summed E-state index contributed by atoms with van der Waals surface area (Å²) in [5.41, 5.74) is 5.00. The Hall–Kier alpha value is -1.97. The summed E-state index contributed by atoms with van der Waals surface area (Å²) in [4.78, 5) is 3.60. The van der Waals surface area contributed by atoms with E-state index in [2.05, 4.69) is 47.6 Å². The van der Waals surface area contributed by atoms with Crippen LogP contribution in [-0.4, -0.2) is 18.1 Å². The number of hydrogen-bond donors (Lipinski definition) is 2. The lowest BCUT2D eigenvalue weighted by molar-refractivity contribution is 0.309. The number of nitrogens with one attached hydrogen (secondary N) is 2. The summed E-state index contributed by atoms with van der Waals surface area (Å²) in [6, 6.07) is 14.7. The summed E-state index contributed by atoms with van der Waals surface area (Å²) >= 11 is 6.21. The predicted molar refractivity (Wildman–Crippen MR) is 104 cm³/mol. The van der Waals surface area contributed by atoms with Gasteiger partial charge < -0.3 is 15.0 Å². The van der Waals surface area contributed by atoms with Crippen LogP contribution in [-0.2, 0) is 6.42 Å². The number of rotatable bonds is 5. The lowest BCUT2D eigenvalue weighted by atomic mass is 9.94. The molecule has 2 heterocycles. The van der Waals surface area contributed by atoms with Gasteiger partial charge in [0.15, 0.2) is 0 Å². The second-order valence-corrected chi connectivity index (χ2v) is 7.06. The first kappa shape index (κ1) is 16.5. The second-order valence-electron chi connectivity index (χ2n) is 6.62. The maximum atomic E-state index is 6.21. The minimum absolute atomic E-state index is 0.157. The van der Waals surface area contributed by atoms with Crippen molar-refractivity contribution in [1.29, 1.82) is 0 Å². The minimum Gasteiger partial charge on any atom is -0.494 e. The topological polar surface area (TPSA) is 37.0 Å². The number of benzene rings is 2. The molecule has 4 heteroatoms. The van der Waals surface area contributed by atoms with E-state index in [-0.39, 0.29) is 6.04 Å². The third-order valence-electron chi connectivity index (χ3n) is 4.87. The van der Waals surface area contributed by atoms with Crippen molar-refractivity contribution in [3.63, 3.8) is 0 Å². The quantitative estimate of drug-likeness (QED) is 0.615. The summed E-state index contributed by atoms with van der Waals surface area (Å²) < 4.78 is 5.89. The first-order chi connectivity index (χ1) is 12.3. The fourth-order valence-corrected chi connectivity index (χ4v) is 3.77. The van der Waals surface area contributed by atoms with Crippen LogP contribution in [0.3, 0.4) is 0 Å². The van der Waals surface area contributed by atoms with E-state index < -0.39 is 0 Å². The molecule has 0 saturated heterocycles. The standard InChI is InChI=1S/C21H23ClN2O/c1-2-3-11-25-16-6-4-5-14(12-16)20-21-17(9-10-23-20)18-13-15(22)7-8-19(18)24-21/h4-8,12-13,20,23-24H,2-3,9-11H2,1H3. The number of fused-ring (bicyclic) bond motifs is 3. The molecule has 0 fully saturated rings. The molecule has 130 valence electrons. The van der Waals surface area contributed by atoms with Crippen LogP contribution < -0.4 is 10.1 Å². The lowest BCUT2D eigenvalue weighted by Crippen LogP contribution is -2.30. The van der Waals surface area contributed by atoms with E-state index in [1.165, 1.54) is 22.2 Å².